The summed E-state index contributed by atoms with van der Waals surface area (Å²) in [6.45, 7) is 3.30. The van der Waals surface area contributed by atoms with Gasteiger partial charge in [0.05, 0.1) is 6.61 Å². The normalized spacial score (nSPS) is 23.6. The van der Waals surface area contributed by atoms with Gasteiger partial charge in [-0.2, -0.15) is 0 Å². The van der Waals surface area contributed by atoms with E-state index in [1.165, 1.54) is 0 Å². The maximum Gasteiger partial charge on any atom is 0.242 e. The second-order valence-corrected chi connectivity index (χ2v) is 4.44. The minimum absolute atomic E-state index is 0.147. The fourth-order valence-electron chi connectivity index (χ4n) is 1.81. The summed E-state index contributed by atoms with van der Waals surface area (Å²) < 4.78 is 5.16. The van der Waals surface area contributed by atoms with E-state index in [1.54, 1.807) is 12.4 Å². The maximum absolute atomic E-state index is 11.9. The van der Waals surface area contributed by atoms with Crippen molar-refractivity contribution in [3.05, 3.63) is 29.6 Å². The van der Waals surface area contributed by atoms with E-state index in [2.05, 4.69) is 10.3 Å². The molecule has 0 aromatic carbocycles. The summed E-state index contributed by atoms with van der Waals surface area (Å²) in [7, 11) is 0. The Labute approximate surface area is 100 Å². The highest BCUT2D eigenvalue weighted by molar-refractivity contribution is 5.86. The molecule has 0 aliphatic carbocycles. The van der Waals surface area contributed by atoms with E-state index in [-0.39, 0.29) is 5.91 Å². The van der Waals surface area contributed by atoms with Crippen LogP contribution in [0.4, 0.5) is 0 Å². The number of nitrogens with one attached hydrogen (secondary N) is 1. The molecule has 92 valence electrons. The van der Waals surface area contributed by atoms with Crippen molar-refractivity contribution in [1.82, 2.24) is 10.3 Å². The smallest absolute Gasteiger partial charge is 0.242 e. The first-order valence-corrected chi connectivity index (χ1v) is 5.66. The topological polar surface area (TPSA) is 77.2 Å². The van der Waals surface area contributed by atoms with E-state index in [0.29, 0.717) is 26.2 Å². The SMILES string of the molecule is Cc1cnccc1CNC(=O)C1(N)CCOC1. The Kier molecular flexibility index (Phi) is 3.40. The van der Waals surface area contributed by atoms with E-state index in [1.807, 2.05) is 13.0 Å². The standard InChI is InChI=1S/C12H17N3O2/c1-9-6-14-4-2-10(9)7-15-11(16)12(13)3-5-17-8-12/h2,4,6H,3,5,7-8,13H2,1H3,(H,15,16). The first-order chi connectivity index (χ1) is 8.12. The number of amides is 1. The predicted octanol–water partition coefficient (Wildman–Crippen LogP) is 0.124. The van der Waals surface area contributed by atoms with Crippen molar-refractivity contribution in [2.45, 2.75) is 25.4 Å². The van der Waals surface area contributed by atoms with Gasteiger partial charge in [-0.15, -0.1) is 0 Å². The third-order valence-corrected chi connectivity index (χ3v) is 3.08. The number of hydrogen-bond acceptors (Lipinski definition) is 4. The average Bonchev–Trinajstić information content (AvgIpc) is 2.76. The summed E-state index contributed by atoms with van der Waals surface area (Å²) in [5.74, 6) is -0.147. The zero-order chi connectivity index (χ0) is 12.3. The lowest BCUT2D eigenvalue weighted by Crippen LogP contribution is -2.54. The summed E-state index contributed by atoms with van der Waals surface area (Å²) in [4.78, 5) is 15.9. The second kappa shape index (κ2) is 4.81. The number of carbonyl (C=O) groups is 1. The lowest BCUT2D eigenvalue weighted by molar-refractivity contribution is -0.126. The van der Waals surface area contributed by atoms with Crippen LogP contribution in [0.15, 0.2) is 18.5 Å². The Bertz CT molecular complexity index is 414. The average molecular weight is 235 g/mol. The largest absolute Gasteiger partial charge is 0.379 e. The summed E-state index contributed by atoms with van der Waals surface area (Å²) in [6.07, 6.45) is 4.07. The first kappa shape index (κ1) is 12.0. The second-order valence-electron chi connectivity index (χ2n) is 4.44. The monoisotopic (exact) mass is 235 g/mol. The molecule has 1 aliphatic rings. The molecule has 1 unspecified atom stereocenters. The molecule has 1 aromatic rings. The number of rotatable bonds is 3. The van der Waals surface area contributed by atoms with Crippen LogP contribution in [-0.2, 0) is 16.1 Å². The van der Waals surface area contributed by atoms with E-state index in [9.17, 15) is 4.79 Å². The van der Waals surface area contributed by atoms with Crippen LogP contribution in [0, 0.1) is 6.92 Å². The fraction of sp³-hybridized carbons (Fsp3) is 0.500. The van der Waals surface area contributed by atoms with Gasteiger partial charge in [-0.25, -0.2) is 0 Å². The third kappa shape index (κ3) is 2.62. The Hall–Kier alpha value is -1.46. The van der Waals surface area contributed by atoms with Gasteiger partial charge in [-0.1, -0.05) is 0 Å². The molecular formula is C12H17N3O2. The quantitative estimate of drug-likeness (QED) is 0.780. The van der Waals surface area contributed by atoms with Gasteiger partial charge in [0.25, 0.3) is 0 Å². The summed E-state index contributed by atoms with van der Waals surface area (Å²) in [5.41, 5.74) is 7.20. The van der Waals surface area contributed by atoms with Gasteiger partial charge >= 0.3 is 0 Å². The maximum atomic E-state index is 11.9. The van der Waals surface area contributed by atoms with Gasteiger partial charge in [0.2, 0.25) is 5.91 Å². The summed E-state index contributed by atoms with van der Waals surface area (Å²) in [5, 5.41) is 2.85. The van der Waals surface area contributed by atoms with Crippen LogP contribution in [0.3, 0.4) is 0 Å². The fourth-order valence-corrected chi connectivity index (χ4v) is 1.81. The third-order valence-electron chi connectivity index (χ3n) is 3.08. The lowest BCUT2D eigenvalue weighted by Gasteiger charge is -2.20. The molecule has 0 saturated carbocycles. The van der Waals surface area contributed by atoms with Crippen LogP contribution >= 0.6 is 0 Å². The summed E-state index contributed by atoms with van der Waals surface area (Å²) >= 11 is 0. The van der Waals surface area contributed by atoms with Gasteiger partial charge in [0, 0.05) is 25.5 Å². The molecule has 17 heavy (non-hydrogen) atoms. The molecule has 1 saturated heterocycles. The predicted molar refractivity (Wildman–Crippen MR) is 63.2 cm³/mol. The van der Waals surface area contributed by atoms with Crippen molar-refractivity contribution in [1.29, 1.82) is 0 Å². The highest BCUT2D eigenvalue weighted by Gasteiger charge is 2.37. The Morgan fingerprint density at radius 3 is 3.18 bits per heavy atom. The van der Waals surface area contributed by atoms with Crippen molar-refractivity contribution in [3.63, 3.8) is 0 Å². The summed E-state index contributed by atoms with van der Waals surface area (Å²) in [6, 6.07) is 1.89. The number of hydrogen-bond donors (Lipinski definition) is 2. The molecule has 1 amide bonds. The van der Waals surface area contributed by atoms with Crippen LogP contribution in [0.25, 0.3) is 0 Å². The Balaban J connectivity index is 1.94. The van der Waals surface area contributed by atoms with E-state index in [0.717, 1.165) is 11.1 Å². The van der Waals surface area contributed by atoms with Crippen LogP contribution < -0.4 is 11.1 Å². The molecule has 1 atom stereocenters. The van der Waals surface area contributed by atoms with Gasteiger partial charge in [0.15, 0.2) is 0 Å². The van der Waals surface area contributed by atoms with E-state index < -0.39 is 5.54 Å². The molecule has 1 aromatic heterocycles. The number of aromatic nitrogens is 1. The van der Waals surface area contributed by atoms with Crippen LogP contribution in [0.5, 0.6) is 0 Å². The van der Waals surface area contributed by atoms with Crippen molar-refractivity contribution >= 4 is 5.91 Å². The zero-order valence-corrected chi connectivity index (χ0v) is 9.90. The van der Waals surface area contributed by atoms with Crippen LogP contribution in [0.1, 0.15) is 17.5 Å². The number of nitrogens with two attached hydrogens (primary N) is 1. The minimum Gasteiger partial charge on any atom is -0.379 e. The highest BCUT2D eigenvalue weighted by atomic mass is 16.5. The van der Waals surface area contributed by atoms with Crippen molar-refractivity contribution in [2.24, 2.45) is 5.73 Å². The molecule has 5 nitrogen and oxygen atoms in total. The molecule has 0 radical (unpaired) electrons. The van der Waals surface area contributed by atoms with Crippen molar-refractivity contribution < 1.29 is 9.53 Å². The van der Waals surface area contributed by atoms with Crippen LogP contribution in [-0.4, -0.2) is 29.6 Å². The molecule has 2 heterocycles. The molecule has 2 rings (SSSR count). The van der Waals surface area contributed by atoms with Crippen molar-refractivity contribution in [2.75, 3.05) is 13.2 Å². The molecular weight excluding hydrogens is 218 g/mol. The number of pyridine rings is 1. The molecule has 0 bridgehead atoms. The zero-order valence-electron chi connectivity index (χ0n) is 9.90. The molecule has 3 N–H and O–H groups in total. The molecule has 0 spiro atoms. The van der Waals surface area contributed by atoms with Gasteiger partial charge in [0.1, 0.15) is 5.54 Å². The van der Waals surface area contributed by atoms with Gasteiger partial charge in [-0.3, -0.25) is 9.78 Å². The highest BCUT2D eigenvalue weighted by Crippen LogP contribution is 2.15. The molecule has 1 aliphatic heterocycles. The Morgan fingerprint density at radius 1 is 1.71 bits per heavy atom. The number of nitrogens with zero attached hydrogens (tertiary/aromatic N) is 1. The van der Waals surface area contributed by atoms with Gasteiger partial charge < -0.3 is 15.8 Å². The Morgan fingerprint density at radius 2 is 2.53 bits per heavy atom. The number of aryl methyl sites for hydroxylation is 1. The van der Waals surface area contributed by atoms with E-state index >= 15 is 0 Å². The first-order valence-electron chi connectivity index (χ1n) is 5.66. The number of ether oxygens (including phenoxy) is 1. The van der Waals surface area contributed by atoms with Gasteiger partial charge in [-0.05, 0) is 30.5 Å². The van der Waals surface area contributed by atoms with E-state index in [4.69, 9.17) is 10.5 Å². The lowest BCUT2D eigenvalue weighted by atomic mass is 9.99. The van der Waals surface area contributed by atoms with Crippen LogP contribution in [0.2, 0.25) is 0 Å². The minimum atomic E-state index is -0.860. The number of carbonyl (C=O) groups excluding carboxylic acids is 1. The molecule has 5 heteroatoms. The molecule has 1 fully saturated rings. The van der Waals surface area contributed by atoms with Crippen molar-refractivity contribution in [3.8, 4) is 0 Å².